The first kappa shape index (κ1) is 19.0. The van der Waals surface area contributed by atoms with Gasteiger partial charge in [0.1, 0.15) is 11.6 Å². The van der Waals surface area contributed by atoms with E-state index in [1.165, 1.54) is 6.07 Å². The maximum absolute atomic E-state index is 13.8. The van der Waals surface area contributed by atoms with E-state index in [0.29, 0.717) is 19.5 Å². The summed E-state index contributed by atoms with van der Waals surface area (Å²) in [5.41, 5.74) is 2.38. The molecule has 0 unspecified atom stereocenters. The van der Waals surface area contributed by atoms with E-state index in [0.717, 1.165) is 23.3 Å². The summed E-state index contributed by atoms with van der Waals surface area (Å²) < 4.78 is 27.1. The SMILES string of the molecule is C[C@@H](CC(=O)N1CCc2ccc(C(=O)O)cc2C1)Cc1cc(F)ccc1F. The van der Waals surface area contributed by atoms with Crippen molar-refractivity contribution in [1.29, 1.82) is 0 Å². The van der Waals surface area contributed by atoms with Crippen molar-refractivity contribution in [1.82, 2.24) is 4.90 Å². The van der Waals surface area contributed by atoms with Crippen LogP contribution < -0.4 is 0 Å². The van der Waals surface area contributed by atoms with Crippen molar-refractivity contribution >= 4 is 11.9 Å². The molecule has 1 N–H and O–H groups in total. The third kappa shape index (κ3) is 4.51. The summed E-state index contributed by atoms with van der Waals surface area (Å²) in [6.07, 6.45) is 1.18. The molecule has 0 aliphatic carbocycles. The van der Waals surface area contributed by atoms with Gasteiger partial charge in [-0.2, -0.15) is 0 Å². The van der Waals surface area contributed by atoms with Crippen molar-refractivity contribution in [2.45, 2.75) is 32.7 Å². The molecule has 0 fully saturated rings. The van der Waals surface area contributed by atoms with Crippen LogP contribution >= 0.6 is 0 Å². The fourth-order valence-electron chi connectivity index (χ4n) is 3.48. The highest BCUT2D eigenvalue weighted by Crippen LogP contribution is 2.23. The maximum Gasteiger partial charge on any atom is 0.335 e. The first-order chi connectivity index (χ1) is 12.8. The zero-order valence-electron chi connectivity index (χ0n) is 15.0. The lowest BCUT2D eigenvalue weighted by Gasteiger charge is -2.30. The average Bonchev–Trinajstić information content (AvgIpc) is 2.63. The summed E-state index contributed by atoms with van der Waals surface area (Å²) in [4.78, 5) is 25.5. The second-order valence-electron chi connectivity index (χ2n) is 7.10. The number of rotatable bonds is 5. The number of hydrogen-bond acceptors (Lipinski definition) is 2. The molecule has 2 aromatic carbocycles. The van der Waals surface area contributed by atoms with Gasteiger partial charge in [0, 0.05) is 19.5 Å². The number of benzene rings is 2. The van der Waals surface area contributed by atoms with Crippen LogP contribution in [0.5, 0.6) is 0 Å². The van der Waals surface area contributed by atoms with Crippen LogP contribution in [0.15, 0.2) is 36.4 Å². The molecule has 0 spiro atoms. The average molecular weight is 373 g/mol. The van der Waals surface area contributed by atoms with Crippen LogP contribution in [-0.2, 0) is 24.2 Å². The van der Waals surface area contributed by atoms with E-state index in [9.17, 15) is 18.4 Å². The number of halogens is 2. The molecule has 0 saturated heterocycles. The highest BCUT2D eigenvalue weighted by Gasteiger charge is 2.23. The predicted octanol–water partition coefficient (Wildman–Crippen LogP) is 3.82. The van der Waals surface area contributed by atoms with Gasteiger partial charge in [-0.1, -0.05) is 13.0 Å². The molecule has 1 heterocycles. The minimum Gasteiger partial charge on any atom is -0.478 e. The molecule has 0 saturated carbocycles. The molecule has 27 heavy (non-hydrogen) atoms. The summed E-state index contributed by atoms with van der Waals surface area (Å²) in [6, 6.07) is 8.33. The fraction of sp³-hybridized carbons (Fsp3) is 0.333. The Hall–Kier alpha value is -2.76. The lowest BCUT2D eigenvalue weighted by atomic mass is 9.94. The predicted molar refractivity (Wildman–Crippen MR) is 96.4 cm³/mol. The largest absolute Gasteiger partial charge is 0.478 e. The van der Waals surface area contributed by atoms with Crippen LogP contribution in [0.1, 0.15) is 40.4 Å². The molecule has 4 nitrogen and oxygen atoms in total. The van der Waals surface area contributed by atoms with E-state index in [-0.39, 0.29) is 35.8 Å². The number of amides is 1. The minimum absolute atomic E-state index is 0.0642. The Kier molecular flexibility index (Phi) is 5.54. The number of carbonyl (C=O) groups excluding carboxylic acids is 1. The van der Waals surface area contributed by atoms with E-state index in [4.69, 9.17) is 5.11 Å². The minimum atomic E-state index is -0.994. The number of fused-ring (bicyclic) bond motifs is 1. The van der Waals surface area contributed by atoms with Crippen molar-refractivity contribution in [2.75, 3.05) is 6.54 Å². The normalized spacial score (nSPS) is 14.6. The van der Waals surface area contributed by atoms with Gasteiger partial charge in [0.15, 0.2) is 0 Å². The number of nitrogens with zero attached hydrogens (tertiary/aromatic N) is 1. The van der Waals surface area contributed by atoms with Gasteiger partial charge in [-0.15, -0.1) is 0 Å². The van der Waals surface area contributed by atoms with Crippen LogP contribution in [0.25, 0.3) is 0 Å². The summed E-state index contributed by atoms with van der Waals surface area (Å²) in [5, 5.41) is 9.12. The zero-order valence-corrected chi connectivity index (χ0v) is 15.0. The van der Waals surface area contributed by atoms with Crippen molar-refractivity contribution in [2.24, 2.45) is 5.92 Å². The molecular weight excluding hydrogens is 352 g/mol. The molecule has 0 radical (unpaired) electrons. The molecule has 0 aromatic heterocycles. The molecule has 1 aliphatic heterocycles. The highest BCUT2D eigenvalue weighted by molar-refractivity contribution is 5.88. The van der Waals surface area contributed by atoms with Gasteiger partial charge in [-0.25, -0.2) is 13.6 Å². The summed E-state index contributed by atoms with van der Waals surface area (Å²) in [5.74, 6) is -2.16. The van der Waals surface area contributed by atoms with E-state index >= 15 is 0 Å². The van der Waals surface area contributed by atoms with Crippen LogP contribution in [0.3, 0.4) is 0 Å². The monoisotopic (exact) mass is 373 g/mol. The van der Waals surface area contributed by atoms with Gasteiger partial charge in [-0.05, 0) is 65.8 Å². The van der Waals surface area contributed by atoms with Crippen LogP contribution in [-0.4, -0.2) is 28.4 Å². The third-order valence-electron chi connectivity index (χ3n) is 4.92. The summed E-state index contributed by atoms with van der Waals surface area (Å²) >= 11 is 0. The van der Waals surface area contributed by atoms with Crippen LogP contribution in [0.4, 0.5) is 8.78 Å². The molecule has 6 heteroatoms. The Balaban J connectivity index is 1.64. The number of aromatic carboxylic acids is 1. The van der Waals surface area contributed by atoms with E-state index in [1.807, 2.05) is 6.92 Å². The Morgan fingerprint density at radius 1 is 1.15 bits per heavy atom. The molecule has 1 amide bonds. The van der Waals surface area contributed by atoms with Gasteiger partial charge in [0.2, 0.25) is 5.91 Å². The maximum atomic E-state index is 13.8. The Bertz CT molecular complexity index is 882. The number of carboxylic acid groups (broad SMARTS) is 1. The van der Waals surface area contributed by atoms with E-state index in [1.54, 1.807) is 23.1 Å². The first-order valence-electron chi connectivity index (χ1n) is 8.90. The fourth-order valence-corrected chi connectivity index (χ4v) is 3.48. The summed E-state index contributed by atoms with van der Waals surface area (Å²) in [6.45, 7) is 2.78. The smallest absolute Gasteiger partial charge is 0.335 e. The molecular formula is C21H21F2NO3. The topological polar surface area (TPSA) is 57.6 Å². The van der Waals surface area contributed by atoms with Crippen molar-refractivity contribution < 1.29 is 23.5 Å². The third-order valence-corrected chi connectivity index (χ3v) is 4.92. The standard InChI is InChI=1S/C21H21F2NO3/c1-13(8-16-11-18(22)4-5-19(16)23)9-20(25)24-7-6-14-2-3-15(21(26)27)10-17(14)12-24/h2-5,10-11,13H,6-9,12H2,1H3,(H,26,27)/t13-/m1/s1. The van der Waals surface area contributed by atoms with Crippen molar-refractivity contribution in [3.05, 3.63) is 70.3 Å². The molecule has 142 valence electrons. The van der Waals surface area contributed by atoms with Crippen molar-refractivity contribution in [3.63, 3.8) is 0 Å². The summed E-state index contributed by atoms with van der Waals surface area (Å²) in [7, 11) is 0. The van der Waals surface area contributed by atoms with E-state index < -0.39 is 17.6 Å². The number of carboxylic acids is 1. The number of hydrogen-bond donors (Lipinski definition) is 1. The van der Waals surface area contributed by atoms with Crippen molar-refractivity contribution in [3.8, 4) is 0 Å². The Morgan fingerprint density at radius 2 is 1.93 bits per heavy atom. The lowest BCUT2D eigenvalue weighted by molar-refractivity contribution is -0.133. The zero-order chi connectivity index (χ0) is 19.6. The molecule has 1 atom stereocenters. The van der Waals surface area contributed by atoms with Gasteiger partial charge in [-0.3, -0.25) is 4.79 Å². The second-order valence-corrected chi connectivity index (χ2v) is 7.10. The lowest BCUT2D eigenvalue weighted by Crippen LogP contribution is -2.37. The Labute approximate surface area is 156 Å². The molecule has 3 rings (SSSR count). The quantitative estimate of drug-likeness (QED) is 0.867. The van der Waals surface area contributed by atoms with E-state index in [2.05, 4.69) is 0 Å². The molecule has 2 aromatic rings. The van der Waals surface area contributed by atoms with Gasteiger partial charge in [0.25, 0.3) is 0 Å². The second kappa shape index (κ2) is 7.86. The van der Waals surface area contributed by atoms with Crippen LogP contribution in [0.2, 0.25) is 0 Å². The molecule has 0 bridgehead atoms. The number of carbonyl (C=O) groups is 2. The molecule has 1 aliphatic rings. The van der Waals surface area contributed by atoms with Gasteiger partial charge in [0.05, 0.1) is 5.56 Å². The highest BCUT2D eigenvalue weighted by atomic mass is 19.1. The van der Waals surface area contributed by atoms with Crippen LogP contribution in [0, 0.1) is 17.6 Å². The van der Waals surface area contributed by atoms with Gasteiger partial charge < -0.3 is 10.0 Å². The van der Waals surface area contributed by atoms with Gasteiger partial charge >= 0.3 is 5.97 Å². The first-order valence-corrected chi connectivity index (χ1v) is 8.90. The Morgan fingerprint density at radius 3 is 2.67 bits per heavy atom.